The fourth-order valence-electron chi connectivity index (χ4n) is 2.42. The first-order valence-corrected chi connectivity index (χ1v) is 7.14. The minimum atomic E-state index is -4.30. The molecule has 6 heteroatoms. The molecular formula is C15H21F3N2O. The molecule has 1 aliphatic heterocycles. The average molecular weight is 302 g/mol. The first-order valence-electron chi connectivity index (χ1n) is 7.14. The highest BCUT2D eigenvalue weighted by Crippen LogP contribution is 2.22. The van der Waals surface area contributed by atoms with Crippen LogP contribution in [0.5, 0.6) is 5.75 Å². The second kappa shape index (κ2) is 6.56. The molecule has 1 saturated heterocycles. The number of anilines is 1. The Hall–Kier alpha value is -1.43. The van der Waals surface area contributed by atoms with Crippen LogP contribution >= 0.6 is 0 Å². The first-order chi connectivity index (χ1) is 9.83. The number of ether oxygens (including phenoxy) is 1. The Morgan fingerprint density at radius 1 is 1.29 bits per heavy atom. The molecule has 2 rings (SSSR count). The number of halogens is 3. The Kier molecular flexibility index (Phi) is 4.98. The highest BCUT2D eigenvalue weighted by atomic mass is 19.4. The number of hydrogen-bond donors (Lipinski definition) is 1. The first kappa shape index (κ1) is 15.9. The fourth-order valence-corrected chi connectivity index (χ4v) is 2.42. The van der Waals surface area contributed by atoms with E-state index < -0.39 is 12.8 Å². The number of benzene rings is 1. The lowest BCUT2D eigenvalue weighted by molar-refractivity contribution is -0.153. The van der Waals surface area contributed by atoms with Crippen molar-refractivity contribution in [3.05, 3.63) is 24.3 Å². The summed E-state index contributed by atoms with van der Waals surface area (Å²) in [4.78, 5) is 2.40. The van der Waals surface area contributed by atoms with Crippen LogP contribution in [0.1, 0.15) is 20.3 Å². The normalized spacial score (nSPS) is 20.0. The Morgan fingerprint density at radius 2 is 1.95 bits per heavy atom. The van der Waals surface area contributed by atoms with Gasteiger partial charge >= 0.3 is 6.18 Å². The number of hydrogen-bond acceptors (Lipinski definition) is 3. The Morgan fingerprint density at radius 3 is 2.48 bits per heavy atom. The monoisotopic (exact) mass is 302 g/mol. The molecule has 0 saturated carbocycles. The van der Waals surface area contributed by atoms with E-state index in [9.17, 15) is 13.2 Å². The van der Waals surface area contributed by atoms with Crippen LogP contribution in [0.25, 0.3) is 0 Å². The van der Waals surface area contributed by atoms with Gasteiger partial charge in [-0.2, -0.15) is 13.2 Å². The van der Waals surface area contributed by atoms with Gasteiger partial charge in [-0.05, 0) is 44.5 Å². The predicted molar refractivity (Wildman–Crippen MR) is 76.7 cm³/mol. The third kappa shape index (κ3) is 5.12. The summed E-state index contributed by atoms with van der Waals surface area (Å²) in [5, 5.41) is 3.41. The SMILES string of the molecule is CC(C)N1CCC(Nc2ccc(OCC(F)(F)F)cc2)C1. The van der Waals surface area contributed by atoms with Gasteiger partial charge in [-0.3, -0.25) is 4.90 Å². The topological polar surface area (TPSA) is 24.5 Å². The van der Waals surface area contributed by atoms with Gasteiger partial charge in [-0.1, -0.05) is 0 Å². The highest BCUT2D eigenvalue weighted by molar-refractivity contribution is 5.47. The maximum Gasteiger partial charge on any atom is 0.422 e. The largest absolute Gasteiger partial charge is 0.484 e. The van der Waals surface area contributed by atoms with Crippen LogP contribution in [0.15, 0.2) is 24.3 Å². The van der Waals surface area contributed by atoms with Crippen molar-refractivity contribution >= 4 is 5.69 Å². The molecule has 1 aromatic carbocycles. The number of nitrogens with zero attached hydrogens (tertiary/aromatic N) is 1. The van der Waals surface area contributed by atoms with E-state index >= 15 is 0 Å². The van der Waals surface area contributed by atoms with Gasteiger partial charge in [0.25, 0.3) is 0 Å². The van der Waals surface area contributed by atoms with E-state index in [1.54, 1.807) is 24.3 Å². The van der Waals surface area contributed by atoms with E-state index in [-0.39, 0.29) is 5.75 Å². The molecule has 0 amide bonds. The molecule has 1 aromatic rings. The van der Waals surface area contributed by atoms with Crippen molar-refractivity contribution in [3.8, 4) is 5.75 Å². The molecule has 1 aliphatic rings. The summed E-state index contributed by atoms with van der Waals surface area (Å²) in [6, 6.07) is 7.55. The zero-order valence-electron chi connectivity index (χ0n) is 12.3. The minimum Gasteiger partial charge on any atom is -0.484 e. The van der Waals surface area contributed by atoms with Crippen molar-refractivity contribution in [1.82, 2.24) is 4.90 Å². The van der Waals surface area contributed by atoms with Crippen LogP contribution in [0.4, 0.5) is 18.9 Å². The smallest absolute Gasteiger partial charge is 0.422 e. The summed E-state index contributed by atoms with van der Waals surface area (Å²) in [6.45, 7) is 5.15. The maximum absolute atomic E-state index is 12.1. The third-order valence-corrected chi connectivity index (χ3v) is 3.58. The summed E-state index contributed by atoms with van der Waals surface area (Å²) < 4.78 is 40.8. The van der Waals surface area contributed by atoms with Crippen molar-refractivity contribution in [2.45, 2.75) is 38.5 Å². The highest BCUT2D eigenvalue weighted by Gasteiger charge is 2.28. The van der Waals surface area contributed by atoms with Crippen molar-refractivity contribution in [2.24, 2.45) is 0 Å². The Labute approximate surface area is 123 Å². The van der Waals surface area contributed by atoms with Crippen LogP contribution in [0.3, 0.4) is 0 Å². The third-order valence-electron chi connectivity index (χ3n) is 3.58. The van der Waals surface area contributed by atoms with Gasteiger partial charge in [0, 0.05) is 30.9 Å². The van der Waals surface area contributed by atoms with E-state index in [4.69, 9.17) is 0 Å². The standard InChI is InChI=1S/C15H21F3N2O/c1-11(2)20-8-7-13(9-20)19-12-3-5-14(6-4-12)21-10-15(16,17)18/h3-6,11,13,19H,7-10H2,1-2H3. The molecule has 1 atom stereocenters. The van der Waals surface area contributed by atoms with Crippen LogP contribution in [-0.2, 0) is 0 Å². The summed E-state index contributed by atoms with van der Waals surface area (Å²) in [5.41, 5.74) is 0.907. The van der Waals surface area contributed by atoms with Gasteiger partial charge in [0.1, 0.15) is 5.75 Å². The lowest BCUT2D eigenvalue weighted by Gasteiger charge is -2.21. The molecule has 0 radical (unpaired) electrons. The molecule has 0 spiro atoms. The lowest BCUT2D eigenvalue weighted by atomic mass is 10.2. The fraction of sp³-hybridized carbons (Fsp3) is 0.600. The van der Waals surface area contributed by atoms with E-state index in [0.29, 0.717) is 12.1 Å². The summed E-state index contributed by atoms with van der Waals surface area (Å²) in [5.74, 6) is 0.230. The molecule has 1 unspecified atom stereocenters. The van der Waals surface area contributed by atoms with E-state index in [1.165, 1.54) is 0 Å². The summed E-state index contributed by atoms with van der Waals surface area (Å²) >= 11 is 0. The van der Waals surface area contributed by atoms with Gasteiger partial charge < -0.3 is 10.1 Å². The van der Waals surface area contributed by atoms with Gasteiger partial charge in [0.05, 0.1) is 0 Å². The van der Waals surface area contributed by atoms with Gasteiger partial charge in [0.15, 0.2) is 6.61 Å². The molecule has 1 heterocycles. The van der Waals surface area contributed by atoms with E-state index in [0.717, 1.165) is 25.2 Å². The zero-order chi connectivity index (χ0) is 15.5. The quantitative estimate of drug-likeness (QED) is 0.900. The van der Waals surface area contributed by atoms with Crippen LogP contribution < -0.4 is 10.1 Å². The minimum absolute atomic E-state index is 0.230. The number of likely N-dealkylation sites (tertiary alicyclic amines) is 1. The number of rotatable bonds is 5. The lowest BCUT2D eigenvalue weighted by Crippen LogP contribution is -2.31. The summed E-state index contributed by atoms with van der Waals surface area (Å²) in [6.07, 6.45) is -3.23. The van der Waals surface area contributed by atoms with E-state index in [2.05, 4.69) is 28.8 Å². The molecule has 21 heavy (non-hydrogen) atoms. The van der Waals surface area contributed by atoms with Crippen molar-refractivity contribution in [3.63, 3.8) is 0 Å². The Bertz CT molecular complexity index is 445. The number of alkyl halides is 3. The van der Waals surface area contributed by atoms with Crippen molar-refractivity contribution in [1.29, 1.82) is 0 Å². The second-order valence-electron chi connectivity index (χ2n) is 5.65. The van der Waals surface area contributed by atoms with Crippen LogP contribution in [0.2, 0.25) is 0 Å². The molecule has 1 N–H and O–H groups in total. The molecule has 3 nitrogen and oxygen atoms in total. The Balaban J connectivity index is 1.83. The molecule has 0 aliphatic carbocycles. The molecule has 0 bridgehead atoms. The zero-order valence-corrected chi connectivity index (χ0v) is 12.3. The molecule has 0 aromatic heterocycles. The predicted octanol–water partition coefficient (Wildman–Crippen LogP) is 3.52. The summed E-state index contributed by atoms with van der Waals surface area (Å²) in [7, 11) is 0. The van der Waals surface area contributed by atoms with Crippen LogP contribution in [-0.4, -0.2) is 42.9 Å². The van der Waals surface area contributed by atoms with Crippen molar-refractivity contribution in [2.75, 3.05) is 25.0 Å². The van der Waals surface area contributed by atoms with Gasteiger partial charge in [-0.15, -0.1) is 0 Å². The number of nitrogens with one attached hydrogen (secondary N) is 1. The van der Waals surface area contributed by atoms with E-state index in [1.807, 2.05) is 0 Å². The van der Waals surface area contributed by atoms with Gasteiger partial charge in [0.2, 0.25) is 0 Å². The molecular weight excluding hydrogens is 281 g/mol. The van der Waals surface area contributed by atoms with Gasteiger partial charge in [-0.25, -0.2) is 0 Å². The second-order valence-corrected chi connectivity index (χ2v) is 5.65. The maximum atomic E-state index is 12.1. The van der Waals surface area contributed by atoms with Crippen molar-refractivity contribution < 1.29 is 17.9 Å². The van der Waals surface area contributed by atoms with Crippen LogP contribution in [0, 0.1) is 0 Å². The molecule has 1 fully saturated rings. The average Bonchev–Trinajstić information content (AvgIpc) is 2.86. The molecule has 118 valence electrons.